The summed E-state index contributed by atoms with van der Waals surface area (Å²) in [6.45, 7) is 3.27. The Labute approximate surface area is 357 Å². The van der Waals surface area contributed by atoms with Gasteiger partial charge in [-0.05, 0) is 108 Å². The van der Waals surface area contributed by atoms with Gasteiger partial charge in [-0.1, -0.05) is 102 Å². The summed E-state index contributed by atoms with van der Waals surface area (Å²) >= 11 is 0. The maximum Gasteiger partial charge on any atom is 0.297 e. The third kappa shape index (κ3) is 25.8. The van der Waals surface area contributed by atoms with Gasteiger partial charge in [-0.25, -0.2) is 0 Å². The van der Waals surface area contributed by atoms with Crippen LogP contribution in [0.15, 0.2) is 12.2 Å². The van der Waals surface area contributed by atoms with Gasteiger partial charge in [0.05, 0.1) is 18.8 Å². The summed E-state index contributed by atoms with van der Waals surface area (Å²) in [4.78, 5) is 12.7. The highest BCUT2D eigenvalue weighted by molar-refractivity contribution is 5.94. The van der Waals surface area contributed by atoms with E-state index in [2.05, 4.69) is 154 Å². The van der Waals surface area contributed by atoms with E-state index in [1.807, 2.05) is 0 Å². The first-order chi connectivity index (χ1) is 29.3. The number of rotatable bonds is 19. The summed E-state index contributed by atoms with van der Waals surface area (Å²) < 4.78 is 5.50. The summed E-state index contributed by atoms with van der Waals surface area (Å²) in [7, 11) is 0. The average molecular weight is 806 g/mol. The third-order valence-electron chi connectivity index (χ3n) is 8.46. The Morgan fingerprint density at radius 3 is 1.40 bits per heavy atom. The monoisotopic (exact) mass is 805 g/mol. The molecule has 1 rings (SSSR count). The maximum atomic E-state index is 12.7. The minimum atomic E-state index is -1.62. The minimum absolute atomic E-state index is 0.280. The van der Waals surface area contributed by atoms with Crippen molar-refractivity contribution in [3.05, 3.63) is 12.2 Å². The van der Waals surface area contributed by atoms with Gasteiger partial charge >= 0.3 is 0 Å². The Morgan fingerprint density at radius 1 is 0.583 bits per heavy atom. The largest absolute Gasteiger partial charge is 0.394 e. The van der Waals surface area contributed by atoms with Crippen LogP contribution in [-0.4, -0.2) is 91.9 Å². The highest BCUT2D eigenvalue weighted by Crippen LogP contribution is 2.22. The molecule has 2 unspecified atom stereocenters. The molecule has 0 bridgehead atoms. The predicted molar refractivity (Wildman–Crippen MR) is 232 cm³/mol. The zero-order chi connectivity index (χ0) is 43.9. The molecule has 1 aliphatic rings. The topological polar surface area (TPSA) is 160 Å². The van der Waals surface area contributed by atoms with Crippen molar-refractivity contribution in [2.45, 2.75) is 146 Å². The average Bonchev–Trinajstić information content (AvgIpc) is 3.25. The molecular weight excluding hydrogens is 755 g/mol. The smallest absolute Gasteiger partial charge is 0.297 e. The van der Waals surface area contributed by atoms with Gasteiger partial charge in [0, 0.05) is 41.4 Å². The van der Waals surface area contributed by atoms with Crippen LogP contribution < -0.4 is 5.32 Å². The summed E-state index contributed by atoms with van der Waals surface area (Å²) in [6.07, 6.45) is 6.87. The lowest BCUT2D eigenvalue weighted by molar-refractivity contribution is -0.216. The molecule has 0 aromatic heterocycles. The molecule has 1 amide bonds. The Balaban J connectivity index is 2.78. The molecule has 1 fully saturated rings. The zero-order valence-electron chi connectivity index (χ0n) is 34.2. The van der Waals surface area contributed by atoms with Gasteiger partial charge in [0.1, 0.15) is 36.6 Å². The summed E-state index contributed by atoms with van der Waals surface area (Å²) in [5.74, 6) is 58.6. The molecule has 0 aromatic rings. The number of aliphatic hydroxyl groups is 6. The number of hydrogen-bond acceptors (Lipinski definition) is 8. The van der Waals surface area contributed by atoms with E-state index in [1.54, 1.807) is 6.92 Å². The van der Waals surface area contributed by atoms with Crippen LogP contribution in [0.5, 0.6) is 0 Å². The summed E-state index contributed by atoms with van der Waals surface area (Å²) in [5, 5.41) is 64.6. The number of carbonyl (C=O) groups is 1. The van der Waals surface area contributed by atoms with Gasteiger partial charge < -0.3 is 40.7 Å². The van der Waals surface area contributed by atoms with E-state index in [1.165, 1.54) is 63.5 Å². The van der Waals surface area contributed by atoms with E-state index < -0.39 is 61.3 Å². The van der Waals surface area contributed by atoms with Crippen LogP contribution in [0.1, 0.15) is 97.3 Å². The van der Waals surface area contributed by atoms with E-state index >= 15 is 0 Å². The Morgan fingerprint density at radius 2 is 0.983 bits per heavy atom. The SMILES string of the molecule is CC#CC#CC#CC#CC#CC#CC#CC#CC#CC#CC#CC#CC(=O)N[C@@H](C=C[C@H]1OC(CO)[C@H](O)[C@H](O)C1O)[C@H](O)[C@H](O)CCCCCCCCCCCCCC. The van der Waals surface area contributed by atoms with Gasteiger partial charge in [-0.15, -0.1) is 0 Å². The van der Waals surface area contributed by atoms with Crippen molar-refractivity contribution in [1.29, 1.82) is 0 Å². The van der Waals surface area contributed by atoms with Crippen molar-refractivity contribution in [2.24, 2.45) is 0 Å². The normalized spacial score (nSPS) is 17.9. The van der Waals surface area contributed by atoms with Crippen LogP contribution >= 0.6 is 0 Å². The van der Waals surface area contributed by atoms with E-state index in [0.29, 0.717) is 6.42 Å². The van der Waals surface area contributed by atoms with Crippen LogP contribution in [-0.2, 0) is 9.53 Å². The lowest BCUT2D eigenvalue weighted by Crippen LogP contribution is -2.58. The molecule has 1 heterocycles. The number of ether oxygens (including phenoxy) is 1. The summed E-state index contributed by atoms with van der Waals surface area (Å²) in [6, 6.07) is -1.19. The molecule has 60 heavy (non-hydrogen) atoms. The first-order valence-corrected chi connectivity index (χ1v) is 19.8. The first kappa shape index (κ1) is 51.7. The van der Waals surface area contributed by atoms with E-state index in [-0.39, 0.29) is 6.42 Å². The first-order valence-electron chi connectivity index (χ1n) is 19.8. The van der Waals surface area contributed by atoms with Crippen molar-refractivity contribution >= 4 is 5.91 Å². The molecule has 0 radical (unpaired) electrons. The van der Waals surface area contributed by atoms with Crippen LogP contribution in [0, 0.1) is 142 Å². The van der Waals surface area contributed by atoms with Crippen molar-refractivity contribution in [3.8, 4) is 142 Å². The van der Waals surface area contributed by atoms with Crippen LogP contribution in [0.3, 0.4) is 0 Å². The second kappa shape index (κ2) is 35.8. The summed E-state index contributed by atoms with van der Waals surface area (Å²) in [5.41, 5.74) is 0. The van der Waals surface area contributed by atoms with E-state index in [0.717, 1.165) is 19.3 Å². The lowest BCUT2D eigenvalue weighted by atomic mass is 9.93. The fraction of sp³-hybridized carbons (Fsp3) is 0.471. The molecule has 0 spiro atoms. The quantitative estimate of drug-likeness (QED) is 0.0592. The fourth-order valence-corrected chi connectivity index (χ4v) is 5.33. The van der Waals surface area contributed by atoms with Gasteiger partial charge in [0.25, 0.3) is 5.91 Å². The van der Waals surface area contributed by atoms with Gasteiger partial charge in [0.15, 0.2) is 0 Å². The number of aliphatic hydroxyl groups excluding tert-OH is 6. The molecule has 8 atom stereocenters. The maximum absolute atomic E-state index is 12.7. The van der Waals surface area contributed by atoms with E-state index in [4.69, 9.17) is 4.74 Å². The van der Waals surface area contributed by atoms with Crippen molar-refractivity contribution in [3.63, 3.8) is 0 Å². The second-order valence-corrected chi connectivity index (χ2v) is 13.0. The molecule has 1 saturated heterocycles. The Bertz CT molecular complexity index is 2190. The second-order valence-electron chi connectivity index (χ2n) is 13.0. The third-order valence-corrected chi connectivity index (χ3v) is 8.46. The van der Waals surface area contributed by atoms with Crippen LogP contribution in [0.25, 0.3) is 0 Å². The van der Waals surface area contributed by atoms with Crippen molar-refractivity contribution in [1.82, 2.24) is 5.32 Å². The molecule has 1 aliphatic heterocycles. The molecule has 0 saturated carbocycles. The van der Waals surface area contributed by atoms with Gasteiger partial charge in [-0.3, -0.25) is 4.79 Å². The van der Waals surface area contributed by atoms with E-state index in [9.17, 15) is 35.4 Å². The molecule has 0 aromatic carbocycles. The number of carbonyl (C=O) groups excluding carboxylic acids is 1. The number of nitrogens with one attached hydrogen (secondary N) is 1. The lowest BCUT2D eigenvalue weighted by Gasteiger charge is -2.39. The van der Waals surface area contributed by atoms with Gasteiger partial charge in [0.2, 0.25) is 0 Å². The highest BCUT2D eigenvalue weighted by Gasteiger charge is 2.42. The number of amides is 1. The van der Waals surface area contributed by atoms with Crippen LogP contribution in [0.2, 0.25) is 0 Å². The predicted octanol–water partition coefficient (Wildman–Crippen LogP) is 1.74. The standard InChI is InChI=1S/C51H51NO8/c1-3-5-7-9-11-13-15-17-18-19-20-21-22-23-24-25-26-27-29-31-33-35-37-39-47(55)52-43(40-41-45-49(57)51(59)50(58)46(42-53)60-45)48(56)44(54)38-36-34-32-30-28-16-14-12-10-8-6-4-2/h40-41,43-46,48-51,53-54,56-59H,4,6,8,10,12,14,16,28,30,32,34,36,38,42H2,1-2H3,(H,52,55)/t43-,44+,45+,46?,48-,49?,50-,51+/m0/s1. The highest BCUT2D eigenvalue weighted by atomic mass is 16.5. The van der Waals surface area contributed by atoms with Crippen molar-refractivity contribution in [2.75, 3.05) is 6.61 Å². The molecule has 9 heteroatoms. The Kier molecular flexibility index (Phi) is 30.8. The fourth-order valence-electron chi connectivity index (χ4n) is 5.33. The zero-order valence-corrected chi connectivity index (χ0v) is 34.2. The van der Waals surface area contributed by atoms with Crippen molar-refractivity contribution < 1.29 is 40.2 Å². The molecule has 9 nitrogen and oxygen atoms in total. The van der Waals surface area contributed by atoms with Crippen LogP contribution in [0.4, 0.5) is 0 Å². The minimum Gasteiger partial charge on any atom is -0.394 e. The molecule has 308 valence electrons. The number of hydrogen-bond donors (Lipinski definition) is 7. The molecular formula is C51H51NO8. The Hall–Kier alpha value is -6.35. The number of unbranched alkanes of at least 4 members (excludes halogenated alkanes) is 11. The molecule has 0 aliphatic carbocycles. The molecule has 7 N–H and O–H groups in total. The van der Waals surface area contributed by atoms with Gasteiger partial charge in [-0.2, -0.15) is 0 Å².